The van der Waals surface area contributed by atoms with Gasteiger partial charge in [-0.2, -0.15) is 0 Å². The monoisotopic (exact) mass is 413 g/mol. The first kappa shape index (κ1) is 21.2. The van der Waals surface area contributed by atoms with E-state index in [1.165, 1.54) is 16.2 Å². The number of fused-ring (bicyclic) bond motifs is 1. The van der Waals surface area contributed by atoms with Gasteiger partial charge in [0.05, 0.1) is 12.3 Å². The molecule has 1 amide bonds. The van der Waals surface area contributed by atoms with E-state index in [0.717, 1.165) is 50.2 Å². The zero-order valence-electron chi connectivity index (χ0n) is 16.7. The van der Waals surface area contributed by atoms with Crippen LogP contribution in [0.25, 0.3) is 6.08 Å². The van der Waals surface area contributed by atoms with Gasteiger partial charge >= 0.3 is 5.97 Å². The second kappa shape index (κ2) is 10.9. The molecule has 1 N–H and O–H groups in total. The van der Waals surface area contributed by atoms with Crippen molar-refractivity contribution < 1.29 is 14.3 Å². The van der Waals surface area contributed by atoms with E-state index in [0.29, 0.717) is 18.2 Å². The maximum Gasteiger partial charge on any atom is 0.367 e. The number of esters is 1. The number of rotatable bonds is 9. The molecule has 0 radical (unpaired) electrons. The van der Waals surface area contributed by atoms with Gasteiger partial charge in [-0.25, -0.2) is 9.78 Å². The summed E-state index contributed by atoms with van der Waals surface area (Å²) in [5.74, 6) is -0.386. The van der Waals surface area contributed by atoms with Crippen LogP contribution in [0.1, 0.15) is 45.7 Å². The first-order chi connectivity index (χ1) is 14.2. The van der Waals surface area contributed by atoms with Gasteiger partial charge in [0, 0.05) is 37.0 Å². The Hall–Kier alpha value is -2.51. The average Bonchev–Trinajstić information content (AvgIpc) is 3.16. The second-order valence-electron chi connectivity index (χ2n) is 6.88. The van der Waals surface area contributed by atoms with Gasteiger partial charge in [-0.15, -0.1) is 11.3 Å². The van der Waals surface area contributed by atoms with Gasteiger partial charge in [0.1, 0.15) is 0 Å². The molecule has 0 fully saturated rings. The van der Waals surface area contributed by atoms with Gasteiger partial charge in [0.2, 0.25) is 10.9 Å². The number of amides is 1. The topological polar surface area (TPSA) is 71.5 Å². The van der Waals surface area contributed by atoms with Gasteiger partial charge in [-0.3, -0.25) is 9.69 Å². The summed E-state index contributed by atoms with van der Waals surface area (Å²) in [6.45, 7) is 5.60. The summed E-state index contributed by atoms with van der Waals surface area (Å²) in [5.41, 5.74) is 2.05. The van der Waals surface area contributed by atoms with E-state index in [-0.39, 0.29) is 11.9 Å². The van der Waals surface area contributed by atoms with Crippen LogP contribution in [-0.2, 0) is 22.5 Å². The van der Waals surface area contributed by atoms with Gasteiger partial charge in [-0.05, 0) is 37.9 Å². The fourth-order valence-electron chi connectivity index (χ4n) is 3.19. The minimum atomic E-state index is -0.324. The third kappa shape index (κ3) is 6.51. The number of nitrogens with one attached hydrogen (secondary N) is 1. The fraction of sp³-hybridized carbons (Fsp3) is 0.409. The lowest BCUT2D eigenvalue weighted by Gasteiger charge is -2.25. The number of thiazole rings is 1. The first-order valence-electron chi connectivity index (χ1n) is 10.0. The first-order valence-corrected chi connectivity index (χ1v) is 10.9. The van der Waals surface area contributed by atoms with Crippen LogP contribution in [-0.4, -0.2) is 48.0 Å². The molecule has 0 bridgehead atoms. The van der Waals surface area contributed by atoms with E-state index in [2.05, 4.69) is 15.2 Å². The Kier molecular flexibility index (Phi) is 7.95. The quantitative estimate of drug-likeness (QED) is 0.388. The SMILES string of the molecule is CCOC(=O)c1nc2c(s1)CN(CCCCNC(=O)/C=C/c1ccccc1)CC2. The summed E-state index contributed by atoms with van der Waals surface area (Å²) >= 11 is 1.45. The Labute approximate surface area is 175 Å². The van der Waals surface area contributed by atoms with Crippen molar-refractivity contribution in [1.82, 2.24) is 15.2 Å². The van der Waals surface area contributed by atoms with E-state index in [1.807, 2.05) is 36.4 Å². The molecule has 1 aliphatic heterocycles. The maximum absolute atomic E-state index is 11.9. The minimum absolute atomic E-state index is 0.0624. The Balaban J connectivity index is 1.34. The number of hydrogen-bond acceptors (Lipinski definition) is 6. The van der Waals surface area contributed by atoms with Crippen molar-refractivity contribution in [3.63, 3.8) is 0 Å². The van der Waals surface area contributed by atoms with Crippen LogP contribution in [0.2, 0.25) is 0 Å². The Morgan fingerprint density at radius 1 is 1.28 bits per heavy atom. The highest BCUT2D eigenvalue weighted by atomic mass is 32.1. The maximum atomic E-state index is 11.9. The molecule has 2 aromatic rings. The molecule has 0 aliphatic carbocycles. The van der Waals surface area contributed by atoms with E-state index < -0.39 is 0 Å². The van der Waals surface area contributed by atoms with Gasteiger partial charge in [0.15, 0.2) is 0 Å². The molecule has 3 rings (SSSR count). The fourth-order valence-corrected chi connectivity index (χ4v) is 4.23. The van der Waals surface area contributed by atoms with Crippen molar-refractivity contribution in [2.45, 2.75) is 32.7 Å². The van der Waals surface area contributed by atoms with Gasteiger partial charge < -0.3 is 10.1 Å². The standard InChI is InChI=1S/C22H27N3O3S/c1-2-28-22(27)21-24-18-12-15-25(16-19(18)29-21)14-7-6-13-23-20(26)11-10-17-8-4-3-5-9-17/h3-5,8-11H,2,6-7,12-16H2,1H3,(H,23,26)/b11-10+. The summed E-state index contributed by atoms with van der Waals surface area (Å²) in [4.78, 5) is 31.7. The van der Waals surface area contributed by atoms with Crippen molar-refractivity contribution >= 4 is 29.3 Å². The lowest BCUT2D eigenvalue weighted by molar-refractivity contribution is -0.116. The predicted octanol–water partition coefficient (Wildman–Crippen LogP) is 3.29. The molecule has 0 atom stereocenters. The third-order valence-corrected chi connectivity index (χ3v) is 5.75. The van der Waals surface area contributed by atoms with Crippen LogP contribution in [0.15, 0.2) is 36.4 Å². The largest absolute Gasteiger partial charge is 0.461 e. The van der Waals surface area contributed by atoms with E-state index in [9.17, 15) is 9.59 Å². The molecule has 2 heterocycles. The van der Waals surface area contributed by atoms with Crippen molar-refractivity contribution in [2.24, 2.45) is 0 Å². The average molecular weight is 414 g/mol. The number of carbonyl (C=O) groups is 2. The van der Waals surface area contributed by atoms with Crippen molar-refractivity contribution in [2.75, 3.05) is 26.2 Å². The minimum Gasteiger partial charge on any atom is -0.461 e. The molecule has 29 heavy (non-hydrogen) atoms. The smallest absolute Gasteiger partial charge is 0.367 e. The summed E-state index contributed by atoms with van der Waals surface area (Å²) in [7, 11) is 0. The molecule has 0 unspecified atom stereocenters. The highest BCUT2D eigenvalue weighted by Crippen LogP contribution is 2.25. The normalized spacial score (nSPS) is 14.0. The molecule has 1 aromatic heterocycles. The lowest BCUT2D eigenvalue weighted by Crippen LogP contribution is -2.31. The highest BCUT2D eigenvalue weighted by Gasteiger charge is 2.23. The zero-order valence-corrected chi connectivity index (χ0v) is 17.5. The molecule has 0 saturated carbocycles. The Morgan fingerprint density at radius 2 is 2.10 bits per heavy atom. The molecular weight excluding hydrogens is 386 g/mol. The molecule has 154 valence electrons. The lowest BCUT2D eigenvalue weighted by atomic mass is 10.1. The summed E-state index contributed by atoms with van der Waals surface area (Å²) < 4.78 is 5.04. The van der Waals surface area contributed by atoms with Crippen molar-refractivity contribution in [1.29, 1.82) is 0 Å². The number of nitrogens with zero attached hydrogens (tertiary/aromatic N) is 2. The van der Waals surface area contributed by atoms with Gasteiger partial charge in [0.25, 0.3) is 0 Å². The third-order valence-electron chi connectivity index (χ3n) is 4.69. The van der Waals surface area contributed by atoms with Crippen molar-refractivity contribution in [3.05, 3.63) is 57.6 Å². The molecule has 0 spiro atoms. The molecule has 1 aliphatic rings. The number of hydrogen-bond donors (Lipinski definition) is 1. The molecule has 1 aromatic carbocycles. The second-order valence-corrected chi connectivity index (χ2v) is 7.96. The van der Waals surface area contributed by atoms with E-state index >= 15 is 0 Å². The summed E-state index contributed by atoms with van der Waals surface area (Å²) in [6.07, 6.45) is 6.21. The Bertz CT molecular complexity index is 848. The number of aromatic nitrogens is 1. The van der Waals surface area contributed by atoms with Gasteiger partial charge in [-0.1, -0.05) is 30.3 Å². The highest BCUT2D eigenvalue weighted by molar-refractivity contribution is 7.13. The number of benzene rings is 1. The number of carbonyl (C=O) groups excluding carboxylic acids is 2. The van der Waals surface area contributed by atoms with Crippen LogP contribution in [0.4, 0.5) is 0 Å². The molecule has 6 nitrogen and oxygen atoms in total. The molecule has 7 heteroatoms. The molecule has 0 saturated heterocycles. The van der Waals surface area contributed by atoms with Crippen LogP contribution >= 0.6 is 11.3 Å². The number of ether oxygens (including phenoxy) is 1. The van der Waals surface area contributed by atoms with E-state index in [4.69, 9.17) is 4.74 Å². The van der Waals surface area contributed by atoms with Crippen LogP contribution < -0.4 is 5.32 Å². The van der Waals surface area contributed by atoms with Crippen molar-refractivity contribution in [3.8, 4) is 0 Å². The Morgan fingerprint density at radius 3 is 2.90 bits per heavy atom. The van der Waals surface area contributed by atoms with Crippen LogP contribution in [0, 0.1) is 0 Å². The van der Waals surface area contributed by atoms with Crippen LogP contribution in [0.3, 0.4) is 0 Å². The summed E-state index contributed by atoms with van der Waals surface area (Å²) in [6, 6.07) is 9.78. The molecular formula is C22H27N3O3S. The van der Waals surface area contributed by atoms with E-state index in [1.54, 1.807) is 13.0 Å². The number of unbranched alkanes of at least 4 members (excludes halogenated alkanes) is 1. The zero-order chi connectivity index (χ0) is 20.5. The summed E-state index contributed by atoms with van der Waals surface area (Å²) in [5, 5.41) is 3.39. The van der Waals surface area contributed by atoms with Crippen LogP contribution in [0.5, 0.6) is 0 Å². The predicted molar refractivity (Wildman–Crippen MR) is 115 cm³/mol.